The highest BCUT2D eigenvalue weighted by Crippen LogP contribution is 2.48. The van der Waals surface area contributed by atoms with E-state index in [4.69, 9.17) is 4.74 Å². The summed E-state index contributed by atoms with van der Waals surface area (Å²) in [6.45, 7) is 11.7. The predicted octanol–water partition coefficient (Wildman–Crippen LogP) is 5.31. The number of carbonyl (C=O) groups excluding carboxylic acids is 1. The van der Waals surface area contributed by atoms with Gasteiger partial charge in [-0.15, -0.1) is 10.1 Å². The van der Waals surface area contributed by atoms with E-state index in [0.29, 0.717) is 24.8 Å². The van der Waals surface area contributed by atoms with E-state index < -0.39 is 5.09 Å². The number of aromatic hydroxyl groups is 2. The van der Waals surface area contributed by atoms with Gasteiger partial charge in [0.05, 0.1) is 6.61 Å². The molecule has 0 radical (unpaired) electrons. The fourth-order valence-electron chi connectivity index (χ4n) is 4.43. The zero-order valence-corrected chi connectivity index (χ0v) is 19.9. The summed E-state index contributed by atoms with van der Waals surface area (Å²) < 4.78 is 5.15. The van der Waals surface area contributed by atoms with Gasteiger partial charge in [0.25, 0.3) is 5.09 Å². The lowest BCUT2D eigenvalue weighted by atomic mass is 9.72. The van der Waals surface area contributed by atoms with Crippen LogP contribution in [0, 0.1) is 16.0 Å². The second-order valence-corrected chi connectivity index (χ2v) is 9.45. The summed E-state index contributed by atoms with van der Waals surface area (Å²) in [4.78, 5) is 25.8. The van der Waals surface area contributed by atoms with Gasteiger partial charge in [-0.1, -0.05) is 38.5 Å². The Kier molecular flexibility index (Phi) is 8.91. The third-order valence-electron chi connectivity index (χ3n) is 6.36. The predicted molar refractivity (Wildman–Crippen MR) is 125 cm³/mol. The van der Waals surface area contributed by atoms with Gasteiger partial charge in [0.1, 0.15) is 18.1 Å². The number of phenolic OH excluding ortho intramolecular Hbond substituents is 2. The zero-order chi connectivity index (χ0) is 24.8. The fraction of sp³-hybridized carbons (Fsp3) is 0.560. The van der Waals surface area contributed by atoms with Gasteiger partial charge in [-0.25, -0.2) is 0 Å². The third kappa shape index (κ3) is 7.23. The Morgan fingerprint density at radius 3 is 2.42 bits per heavy atom. The lowest BCUT2D eigenvalue weighted by Crippen LogP contribution is -2.21. The van der Waals surface area contributed by atoms with E-state index in [2.05, 4.69) is 11.4 Å². The van der Waals surface area contributed by atoms with Gasteiger partial charge in [-0.3, -0.25) is 4.79 Å². The van der Waals surface area contributed by atoms with Crippen LogP contribution in [0.1, 0.15) is 76.8 Å². The Morgan fingerprint density at radius 2 is 1.88 bits per heavy atom. The molecule has 1 aromatic rings. The first-order valence-electron chi connectivity index (χ1n) is 11.2. The minimum atomic E-state index is -0.796. The number of unbranched alkanes of at least 4 members (excludes halogenated alkanes) is 1. The van der Waals surface area contributed by atoms with E-state index in [-0.39, 0.29) is 47.9 Å². The molecule has 0 amide bonds. The number of carbonyl (C=O) groups is 1. The molecule has 0 saturated carbocycles. The Bertz CT molecular complexity index is 896. The van der Waals surface area contributed by atoms with Gasteiger partial charge >= 0.3 is 5.97 Å². The van der Waals surface area contributed by atoms with Gasteiger partial charge in [0.15, 0.2) is 0 Å². The van der Waals surface area contributed by atoms with Crippen LogP contribution in [-0.4, -0.2) is 34.5 Å². The molecular formula is C25H35NO7. The number of benzene rings is 1. The van der Waals surface area contributed by atoms with Crippen molar-refractivity contribution in [2.75, 3.05) is 13.2 Å². The highest BCUT2D eigenvalue weighted by molar-refractivity contribution is 5.66. The molecule has 0 aliphatic heterocycles. The monoisotopic (exact) mass is 461 g/mol. The average Bonchev–Trinajstić information content (AvgIpc) is 2.71. The molecule has 33 heavy (non-hydrogen) atoms. The summed E-state index contributed by atoms with van der Waals surface area (Å²) in [5.41, 5.74) is 2.78. The minimum Gasteiger partial charge on any atom is -0.507 e. The van der Waals surface area contributed by atoms with Crippen molar-refractivity contribution in [1.82, 2.24) is 0 Å². The maximum absolute atomic E-state index is 11.2. The maximum atomic E-state index is 11.2. The largest absolute Gasteiger partial charge is 0.507 e. The second kappa shape index (κ2) is 11.2. The maximum Gasteiger partial charge on any atom is 0.302 e. The van der Waals surface area contributed by atoms with Crippen molar-refractivity contribution >= 4 is 5.97 Å². The van der Waals surface area contributed by atoms with Crippen molar-refractivity contribution < 1.29 is 29.7 Å². The van der Waals surface area contributed by atoms with Crippen LogP contribution in [0.2, 0.25) is 0 Å². The molecule has 8 heteroatoms. The van der Waals surface area contributed by atoms with Crippen molar-refractivity contribution in [2.45, 2.75) is 71.1 Å². The molecule has 1 unspecified atom stereocenters. The molecule has 1 aliphatic carbocycles. The highest BCUT2D eigenvalue weighted by Gasteiger charge is 2.32. The summed E-state index contributed by atoms with van der Waals surface area (Å²) in [5.74, 6) is -0.565. The lowest BCUT2D eigenvalue weighted by Gasteiger charge is -2.33. The smallest absolute Gasteiger partial charge is 0.302 e. The molecule has 8 nitrogen and oxygen atoms in total. The van der Waals surface area contributed by atoms with Gasteiger partial charge < -0.3 is 19.8 Å². The summed E-state index contributed by atoms with van der Waals surface area (Å²) in [6.07, 6.45) is 5.46. The second-order valence-electron chi connectivity index (χ2n) is 9.45. The van der Waals surface area contributed by atoms with Crippen molar-refractivity contribution in [1.29, 1.82) is 0 Å². The van der Waals surface area contributed by atoms with Gasteiger partial charge in [0, 0.05) is 18.4 Å². The number of nitrogens with zero attached hydrogens (tertiary/aromatic N) is 1. The van der Waals surface area contributed by atoms with Crippen LogP contribution in [0.15, 0.2) is 35.9 Å². The molecule has 0 saturated heterocycles. The van der Waals surface area contributed by atoms with Crippen molar-refractivity contribution in [3.05, 3.63) is 57.2 Å². The Hall–Kier alpha value is -3.03. The quantitative estimate of drug-likeness (QED) is 0.151. The Balaban J connectivity index is 2.27. The Morgan fingerprint density at radius 1 is 1.24 bits per heavy atom. The van der Waals surface area contributed by atoms with Crippen LogP contribution in [0.5, 0.6) is 11.5 Å². The van der Waals surface area contributed by atoms with Crippen LogP contribution in [0.25, 0.3) is 0 Å². The minimum absolute atomic E-state index is 0.0102. The van der Waals surface area contributed by atoms with Crippen molar-refractivity contribution in [3.8, 4) is 11.5 Å². The van der Waals surface area contributed by atoms with Crippen molar-refractivity contribution in [3.63, 3.8) is 0 Å². The first-order valence-corrected chi connectivity index (χ1v) is 11.2. The molecule has 0 spiro atoms. The summed E-state index contributed by atoms with van der Waals surface area (Å²) in [5, 5.41) is 31.4. The summed E-state index contributed by atoms with van der Waals surface area (Å²) in [6, 6.07) is 3.37. The molecule has 2 N–H and O–H groups in total. The lowest BCUT2D eigenvalue weighted by molar-refractivity contribution is -0.757. The molecule has 182 valence electrons. The van der Waals surface area contributed by atoms with E-state index in [9.17, 15) is 25.1 Å². The average molecular weight is 462 g/mol. The summed E-state index contributed by atoms with van der Waals surface area (Å²) in [7, 11) is 0. The first kappa shape index (κ1) is 26.2. The molecule has 1 aliphatic rings. The van der Waals surface area contributed by atoms with Crippen LogP contribution in [0.4, 0.5) is 0 Å². The normalized spacial score (nSPS) is 18.4. The van der Waals surface area contributed by atoms with Crippen LogP contribution >= 0.6 is 0 Å². The van der Waals surface area contributed by atoms with Crippen LogP contribution < -0.4 is 0 Å². The third-order valence-corrected chi connectivity index (χ3v) is 6.36. The number of phenols is 2. The molecule has 0 fully saturated rings. The van der Waals surface area contributed by atoms with Crippen LogP contribution in [0.3, 0.4) is 0 Å². The fourth-order valence-corrected chi connectivity index (χ4v) is 4.43. The topological polar surface area (TPSA) is 119 Å². The number of rotatable bonds is 11. The first-order chi connectivity index (χ1) is 15.4. The van der Waals surface area contributed by atoms with Gasteiger partial charge in [-0.2, -0.15) is 0 Å². The molecule has 0 heterocycles. The number of allylic oxidation sites excluding steroid dienone is 2. The number of hydrogen-bond acceptors (Lipinski definition) is 7. The Labute approximate surface area is 195 Å². The highest BCUT2D eigenvalue weighted by atomic mass is 16.9. The molecule has 0 bridgehead atoms. The van der Waals surface area contributed by atoms with E-state index >= 15 is 0 Å². The number of hydrogen-bond donors (Lipinski definition) is 2. The van der Waals surface area contributed by atoms with E-state index in [1.165, 1.54) is 6.92 Å². The van der Waals surface area contributed by atoms with E-state index in [1.807, 2.05) is 26.8 Å². The molecule has 0 aromatic heterocycles. The zero-order valence-electron chi connectivity index (χ0n) is 19.9. The van der Waals surface area contributed by atoms with Crippen molar-refractivity contribution in [2.24, 2.45) is 5.92 Å². The number of ether oxygens (including phenoxy) is 1. The van der Waals surface area contributed by atoms with E-state index in [1.54, 1.807) is 12.1 Å². The molecular weight excluding hydrogens is 426 g/mol. The standard InChI is InChI=1S/C25H35NO7/c1-16(2)20-9-8-18(15-32-17(3)27)12-21(20)24-22(28)13-19(14-23(24)29)25(4,5)10-6-7-11-33-26(30)31/h12-14,20-21,28-29H,1,6-11,15H2,2-5H3/t20?,21-/m0/s1. The van der Waals surface area contributed by atoms with Gasteiger partial charge in [0.2, 0.25) is 0 Å². The molecule has 1 aromatic carbocycles. The summed E-state index contributed by atoms with van der Waals surface area (Å²) >= 11 is 0. The van der Waals surface area contributed by atoms with Gasteiger partial charge in [-0.05, 0) is 67.2 Å². The molecule has 2 rings (SSSR count). The SMILES string of the molecule is C=C(C)C1CCC(COC(C)=O)=C[C@@H]1c1c(O)cc(C(C)(C)CCCCO[N+](=O)[O-])cc1O. The van der Waals surface area contributed by atoms with E-state index in [0.717, 1.165) is 29.6 Å². The molecule has 2 atom stereocenters. The van der Waals surface area contributed by atoms with Crippen LogP contribution in [-0.2, 0) is 19.8 Å². The number of esters is 1.